The number of ether oxygens (including phenoxy) is 1. The van der Waals surface area contributed by atoms with E-state index >= 15 is 0 Å². The fraction of sp³-hybridized carbons (Fsp3) is 0.333. The zero-order chi connectivity index (χ0) is 20.1. The van der Waals surface area contributed by atoms with E-state index in [0.717, 1.165) is 6.07 Å². The van der Waals surface area contributed by atoms with Crippen molar-refractivity contribution in [1.29, 1.82) is 0 Å². The summed E-state index contributed by atoms with van der Waals surface area (Å²) in [5, 5.41) is 10.8. The van der Waals surface area contributed by atoms with Crippen LogP contribution in [0.2, 0.25) is 5.02 Å². The summed E-state index contributed by atoms with van der Waals surface area (Å²) in [6.07, 6.45) is 6.12. The van der Waals surface area contributed by atoms with Gasteiger partial charge < -0.3 is 4.74 Å². The second kappa shape index (κ2) is 8.97. The number of nitro groups is 1. The van der Waals surface area contributed by atoms with Crippen LogP contribution in [0, 0.1) is 10.1 Å². The second-order valence-corrected chi connectivity index (χ2v) is 7.29. The molecule has 0 bridgehead atoms. The largest absolute Gasteiger partial charge is 0.454 e. The zero-order valence-electron chi connectivity index (χ0n) is 15.2. The summed E-state index contributed by atoms with van der Waals surface area (Å²) in [4.78, 5) is 34.6. The van der Waals surface area contributed by atoms with Crippen LogP contribution in [0.1, 0.15) is 64.3 Å². The number of benzene rings is 2. The molecule has 0 aromatic heterocycles. The van der Waals surface area contributed by atoms with Crippen LogP contribution in [-0.4, -0.2) is 23.3 Å². The quantitative estimate of drug-likeness (QED) is 0.282. The Kier molecular flexibility index (Phi) is 6.41. The third-order valence-electron chi connectivity index (χ3n) is 5.02. The third-order valence-corrected chi connectivity index (χ3v) is 5.34. The molecule has 0 atom stereocenters. The Balaban J connectivity index is 1.60. The van der Waals surface area contributed by atoms with Crippen molar-refractivity contribution in [1.82, 2.24) is 0 Å². The van der Waals surface area contributed by atoms with E-state index in [1.165, 1.54) is 49.8 Å². The molecule has 0 unspecified atom stereocenters. The van der Waals surface area contributed by atoms with E-state index in [-0.39, 0.29) is 22.1 Å². The molecule has 0 amide bonds. The number of esters is 1. The van der Waals surface area contributed by atoms with E-state index in [4.69, 9.17) is 16.3 Å². The molecule has 0 N–H and O–H groups in total. The molecule has 1 aliphatic carbocycles. The first-order chi connectivity index (χ1) is 13.5. The van der Waals surface area contributed by atoms with Crippen molar-refractivity contribution in [2.24, 2.45) is 0 Å². The molecule has 0 heterocycles. The minimum absolute atomic E-state index is 0.0310. The Bertz CT molecular complexity index is 888. The fourth-order valence-corrected chi connectivity index (χ4v) is 3.64. The molecule has 2 aromatic carbocycles. The van der Waals surface area contributed by atoms with Gasteiger partial charge in [0.05, 0.1) is 10.5 Å². The van der Waals surface area contributed by atoms with E-state index in [2.05, 4.69) is 0 Å². The van der Waals surface area contributed by atoms with Crippen LogP contribution in [0.15, 0.2) is 42.5 Å². The first-order valence-corrected chi connectivity index (χ1v) is 9.57. The van der Waals surface area contributed by atoms with Gasteiger partial charge in [-0.05, 0) is 36.5 Å². The average molecular weight is 402 g/mol. The van der Waals surface area contributed by atoms with Gasteiger partial charge in [-0.1, -0.05) is 55.1 Å². The van der Waals surface area contributed by atoms with Crippen molar-refractivity contribution in [3.05, 3.63) is 74.3 Å². The molecule has 2 aromatic rings. The van der Waals surface area contributed by atoms with Gasteiger partial charge in [0.1, 0.15) is 5.02 Å². The number of nitrogens with zero attached hydrogens (tertiary/aromatic N) is 1. The lowest BCUT2D eigenvalue weighted by Gasteiger charge is -2.22. The molecular formula is C21H20ClNO5. The topological polar surface area (TPSA) is 86.5 Å². The van der Waals surface area contributed by atoms with E-state index < -0.39 is 17.5 Å². The van der Waals surface area contributed by atoms with Crippen LogP contribution < -0.4 is 0 Å². The Labute approximate surface area is 167 Å². The van der Waals surface area contributed by atoms with Crippen molar-refractivity contribution in [3.63, 3.8) is 0 Å². The number of hydrogen-bond acceptors (Lipinski definition) is 5. The van der Waals surface area contributed by atoms with Gasteiger partial charge in [0.2, 0.25) is 0 Å². The molecular weight excluding hydrogens is 382 g/mol. The van der Waals surface area contributed by atoms with Crippen LogP contribution in [0.4, 0.5) is 5.69 Å². The van der Waals surface area contributed by atoms with Gasteiger partial charge in [-0.25, -0.2) is 4.79 Å². The molecule has 0 saturated heterocycles. The standard InChI is InChI=1S/C21H20ClNO5/c22-18-11-10-17(12-19(18)23(26)27)21(25)28-13-20(24)16-8-6-15(7-9-16)14-4-2-1-3-5-14/h6-12,14H,1-5,13H2. The first-order valence-electron chi connectivity index (χ1n) is 9.20. The van der Waals surface area contributed by atoms with E-state index in [1.54, 1.807) is 12.1 Å². The average Bonchev–Trinajstić information content (AvgIpc) is 2.72. The molecule has 0 radical (unpaired) electrons. The number of ketones is 1. The van der Waals surface area contributed by atoms with Crippen LogP contribution in [0.25, 0.3) is 0 Å². The van der Waals surface area contributed by atoms with Crippen molar-refractivity contribution < 1.29 is 19.2 Å². The van der Waals surface area contributed by atoms with Gasteiger partial charge in [-0.3, -0.25) is 14.9 Å². The summed E-state index contributed by atoms with van der Waals surface area (Å²) in [6.45, 7) is -0.433. The Morgan fingerprint density at radius 3 is 2.32 bits per heavy atom. The maximum atomic E-state index is 12.3. The van der Waals surface area contributed by atoms with Gasteiger partial charge in [0.15, 0.2) is 12.4 Å². The van der Waals surface area contributed by atoms with E-state index in [0.29, 0.717) is 11.5 Å². The van der Waals surface area contributed by atoms with Gasteiger partial charge in [0.25, 0.3) is 5.69 Å². The van der Waals surface area contributed by atoms with Crippen molar-refractivity contribution in [2.45, 2.75) is 38.0 Å². The lowest BCUT2D eigenvalue weighted by atomic mass is 9.84. The van der Waals surface area contributed by atoms with Crippen molar-refractivity contribution in [3.8, 4) is 0 Å². The molecule has 7 heteroatoms. The third kappa shape index (κ3) is 4.75. The fourth-order valence-electron chi connectivity index (χ4n) is 3.45. The first kappa shape index (κ1) is 20.0. The summed E-state index contributed by atoms with van der Waals surface area (Å²) in [5.74, 6) is -0.588. The van der Waals surface area contributed by atoms with Crippen LogP contribution >= 0.6 is 11.6 Å². The number of carbonyl (C=O) groups is 2. The monoisotopic (exact) mass is 401 g/mol. The highest BCUT2D eigenvalue weighted by atomic mass is 35.5. The van der Waals surface area contributed by atoms with E-state index in [9.17, 15) is 19.7 Å². The lowest BCUT2D eigenvalue weighted by Crippen LogP contribution is -2.14. The predicted octanol–water partition coefficient (Wildman–Crippen LogP) is 5.34. The minimum atomic E-state index is -0.813. The Morgan fingerprint density at radius 2 is 1.68 bits per heavy atom. The van der Waals surface area contributed by atoms with E-state index in [1.807, 2.05) is 12.1 Å². The molecule has 1 fully saturated rings. The molecule has 1 saturated carbocycles. The molecule has 3 rings (SSSR count). The zero-order valence-corrected chi connectivity index (χ0v) is 16.0. The van der Waals surface area contributed by atoms with Crippen molar-refractivity contribution in [2.75, 3.05) is 6.61 Å². The van der Waals surface area contributed by atoms with Gasteiger partial charge >= 0.3 is 5.97 Å². The van der Waals surface area contributed by atoms with Crippen LogP contribution in [-0.2, 0) is 4.74 Å². The maximum absolute atomic E-state index is 12.3. The number of Topliss-reactive ketones (excluding diaryl/α,β-unsaturated/α-hetero) is 1. The normalized spacial score (nSPS) is 14.5. The lowest BCUT2D eigenvalue weighted by molar-refractivity contribution is -0.384. The molecule has 0 spiro atoms. The van der Waals surface area contributed by atoms with Gasteiger partial charge in [0, 0.05) is 11.6 Å². The number of hydrogen-bond donors (Lipinski definition) is 0. The Morgan fingerprint density at radius 1 is 1.04 bits per heavy atom. The highest BCUT2D eigenvalue weighted by Crippen LogP contribution is 2.32. The summed E-state index contributed by atoms with van der Waals surface area (Å²) >= 11 is 5.72. The summed E-state index contributed by atoms with van der Waals surface area (Å²) < 4.78 is 5.01. The van der Waals surface area contributed by atoms with Gasteiger partial charge in [-0.2, -0.15) is 0 Å². The smallest absolute Gasteiger partial charge is 0.338 e. The minimum Gasteiger partial charge on any atom is -0.454 e. The Hall–Kier alpha value is -2.73. The highest BCUT2D eigenvalue weighted by Gasteiger charge is 2.19. The molecule has 0 aliphatic heterocycles. The SMILES string of the molecule is O=C(COC(=O)c1ccc(Cl)c([N+](=O)[O-])c1)c1ccc(C2CCCCC2)cc1. The molecule has 6 nitrogen and oxygen atoms in total. The summed E-state index contributed by atoms with van der Waals surface area (Å²) in [5.41, 5.74) is 1.29. The molecule has 1 aliphatic rings. The number of halogens is 1. The second-order valence-electron chi connectivity index (χ2n) is 6.88. The number of nitro benzene ring substituents is 1. The summed E-state index contributed by atoms with van der Waals surface area (Å²) in [6, 6.07) is 11.1. The maximum Gasteiger partial charge on any atom is 0.338 e. The molecule has 146 valence electrons. The number of rotatable bonds is 6. The summed E-state index contributed by atoms with van der Waals surface area (Å²) in [7, 11) is 0. The molecule has 28 heavy (non-hydrogen) atoms. The highest BCUT2D eigenvalue weighted by molar-refractivity contribution is 6.32. The van der Waals surface area contributed by atoms with Crippen LogP contribution in [0.5, 0.6) is 0 Å². The van der Waals surface area contributed by atoms with Crippen molar-refractivity contribution >= 4 is 29.0 Å². The van der Waals surface area contributed by atoms with Gasteiger partial charge in [-0.15, -0.1) is 0 Å². The van der Waals surface area contributed by atoms with Crippen LogP contribution in [0.3, 0.4) is 0 Å². The number of carbonyl (C=O) groups excluding carboxylic acids is 2. The predicted molar refractivity (Wildman–Crippen MR) is 105 cm³/mol.